The number of hydrogen-bond acceptors (Lipinski definition) is 3. The van der Waals surface area contributed by atoms with Crippen LogP contribution in [-0.4, -0.2) is 22.4 Å². The molecule has 0 bridgehead atoms. The van der Waals surface area contributed by atoms with E-state index >= 15 is 0 Å². The van der Waals surface area contributed by atoms with Gasteiger partial charge in [0.25, 0.3) is 5.91 Å². The summed E-state index contributed by atoms with van der Waals surface area (Å²) in [6.45, 7) is 6.18. The molecule has 0 unspecified atom stereocenters. The summed E-state index contributed by atoms with van der Waals surface area (Å²) in [5.74, 6) is -0.0150. The van der Waals surface area contributed by atoms with Crippen molar-refractivity contribution in [1.29, 1.82) is 0 Å². The molecule has 0 aliphatic rings. The Morgan fingerprint density at radius 2 is 2.27 bits per heavy atom. The first-order chi connectivity index (χ1) is 7.15. The van der Waals surface area contributed by atoms with Crippen molar-refractivity contribution in [2.24, 2.45) is 0 Å². The van der Waals surface area contributed by atoms with Crippen molar-refractivity contribution in [1.82, 2.24) is 15.3 Å². The molecule has 1 rings (SSSR count). The van der Waals surface area contributed by atoms with Crippen molar-refractivity contribution < 1.29 is 4.79 Å². The smallest absolute Gasteiger partial charge is 0.289 e. The van der Waals surface area contributed by atoms with Crippen LogP contribution in [0.15, 0.2) is 18.3 Å². The molecule has 1 amide bonds. The summed E-state index contributed by atoms with van der Waals surface area (Å²) >= 11 is 0. The number of carbonyl (C=O) groups excluding carboxylic acids is 1. The zero-order valence-corrected chi connectivity index (χ0v) is 9.24. The average Bonchev–Trinajstić information content (AvgIpc) is 2.22. The third kappa shape index (κ3) is 3.16. The summed E-state index contributed by atoms with van der Waals surface area (Å²) in [7, 11) is 0. The van der Waals surface area contributed by atoms with E-state index in [4.69, 9.17) is 0 Å². The largest absolute Gasteiger partial charge is 0.346 e. The molecule has 0 aliphatic heterocycles. The number of hydrogen-bond donors (Lipinski definition) is 1. The summed E-state index contributed by atoms with van der Waals surface area (Å²) in [6, 6.07) is 0. The van der Waals surface area contributed by atoms with Crippen LogP contribution < -0.4 is 5.32 Å². The first-order valence-electron chi connectivity index (χ1n) is 4.84. The van der Waals surface area contributed by atoms with Gasteiger partial charge in [0.1, 0.15) is 0 Å². The Kier molecular flexibility index (Phi) is 3.97. The van der Waals surface area contributed by atoms with Crippen LogP contribution in [0.1, 0.15) is 28.8 Å². The maximum absolute atomic E-state index is 11.5. The van der Waals surface area contributed by atoms with Gasteiger partial charge in [-0.3, -0.25) is 4.79 Å². The highest BCUT2D eigenvalue weighted by molar-refractivity contribution is 5.90. The Labute approximate surface area is 89.4 Å². The summed E-state index contributed by atoms with van der Waals surface area (Å²) in [5.41, 5.74) is 1.82. The minimum atomic E-state index is -0.240. The van der Waals surface area contributed by atoms with E-state index in [1.54, 1.807) is 6.20 Å². The van der Waals surface area contributed by atoms with E-state index in [0.29, 0.717) is 6.54 Å². The maximum atomic E-state index is 11.5. The van der Waals surface area contributed by atoms with Crippen molar-refractivity contribution in [3.05, 3.63) is 35.4 Å². The standard InChI is InChI=1S/C11H15N3O/c1-4-5-6-12-11(15)10-13-7-8(2)9(3)14-10/h4-5,7H,6H2,1-3H3,(H,12,15)/b5-4+. The first kappa shape index (κ1) is 11.4. The van der Waals surface area contributed by atoms with Crippen LogP contribution in [0.5, 0.6) is 0 Å². The normalized spacial score (nSPS) is 10.6. The zero-order chi connectivity index (χ0) is 11.3. The zero-order valence-electron chi connectivity index (χ0n) is 9.24. The van der Waals surface area contributed by atoms with Crippen molar-refractivity contribution >= 4 is 5.91 Å². The van der Waals surface area contributed by atoms with E-state index in [1.165, 1.54) is 0 Å². The number of aromatic nitrogens is 2. The molecule has 1 aromatic heterocycles. The predicted molar refractivity (Wildman–Crippen MR) is 58.7 cm³/mol. The first-order valence-corrected chi connectivity index (χ1v) is 4.84. The van der Waals surface area contributed by atoms with Crippen LogP contribution in [0.3, 0.4) is 0 Å². The third-order valence-electron chi connectivity index (χ3n) is 2.04. The second kappa shape index (κ2) is 5.24. The molecule has 0 atom stereocenters. The Morgan fingerprint density at radius 3 is 2.87 bits per heavy atom. The van der Waals surface area contributed by atoms with Gasteiger partial charge in [-0.15, -0.1) is 0 Å². The maximum Gasteiger partial charge on any atom is 0.289 e. The molecule has 0 saturated heterocycles. The van der Waals surface area contributed by atoms with Crippen LogP contribution in [0.4, 0.5) is 0 Å². The molecule has 0 saturated carbocycles. The lowest BCUT2D eigenvalue weighted by Gasteiger charge is -2.03. The Morgan fingerprint density at radius 1 is 1.53 bits per heavy atom. The molecule has 0 spiro atoms. The Hall–Kier alpha value is -1.71. The molecule has 1 aromatic rings. The van der Waals surface area contributed by atoms with Gasteiger partial charge >= 0.3 is 0 Å². The predicted octanol–water partition coefficient (Wildman–Crippen LogP) is 1.40. The topological polar surface area (TPSA) is 54.9 Å². The van der Waals surface area contributed by atoms with Gasteiger partial charge in [0.2, 0.25) is 5.82 Å². The number of nitrogens with one attached hydrogen (secondary N) is 1. The molecule has 80 valence electrons. The van der Waals surface area contributed by atoms with Crippen molar-refractivity contribution in [3.8, 4) is 0 Å². The fourth-order valence-electron chi connectivity index (χ4n) is 0.985. The van der Waals surface area contributed by atoms with Gasteiger partial charge in [-0.05, 0) is 26.3 Å². The fraction of sp³-hybridized carbons (Fsp3) is 0.364. The van der Waals surface area contributed by atoms with Gasteiger partial charge in [-0.25, -0.2) is 9.97 Å². The molecule has 1 N–H and O–H groups in total. The van der Waals surface area contributed by atoms with Gasteiger partial charge in [0, 0.05) is 18.4 Å². The van der Waals surface area contributed by atoms with E-state index in [2.05, 4.69) is 15.3 Å². The summed E-state index contributed by atoms with van der Waals surface area (Å²) < 4.78 is 0. The number of rotatable bonds is 3. The van der Waals surface area contributed by atoms with Gasteiger partial charge in [0.15, 0.2) is 0 Å². The summed E-state index contributed by atoms with van der Waals surface area (Å²) in [4.78, 5) is 19.6. The van der Waals surface area contributed by atoms with Crippen LogP contribution >= 0.6 is 0 Å². The molecular weight excluding hydrogens is 190 g/mol. The summed E-state index contributed by atoms with van der Waals surface area (Å²) in [5, 5.41) is 2.70. The van der Waals surface area contributed by atoms with Crippen LogP contribution in [0.25, 0.3) is 0 Å². The summed E-state index contributed by atoms with van der Waals surface area (Å²) in [6.07, 6.45) is 5.40. The number of amides is 1. The Balaban J connectivity index is 2.70. The highest BCUT2D eigenvalue weighted by Crippen LogP contribution is 2.01. The van der Waals surface area contributed by atoms with Crippen LogP contribution in [-0.2, 0) is 0 Å². The molecule has 0 fully saturated rings. The molecule has 15 heavy (non-hydrogen) atoms. The van der Waals surface area contributed by atoms with E-state index in [0.717, 1.165) is 11.3 Å². The average molecular weight is 205 g/mol. The van der Waals surface area contributed by atoms with E-state index in [9.17, 15) is 4.79 Å². The van der Waals surface area contributed by atoms with Crippen LogP contribution in [0.2, 0.25) is 0 Å². The molecule has 0 aromatic carbocycles. The number of aryl methyl sites for hydroxylation is 2. The van der Waals surface area contributed by atoms with Gasteiger partial charge in [-0.2, -0.15) is 0 Å². The lowest BCUT2D eigenvalue weighted by molar-refractivity contribution is 0.0947. The van der Waals surface area contributed by atoms with E-state index in [1.807, 2.05) is 32.9 Å². The van der Waals surface area contributed by atoms with Gasteiger partial charge in [0.05, 0.1) is 0 Å². The number of nitrogens with zero attached hydrogens (tertiary/aromatic N) is 2. The Bertz CT molecular complexity index is 385. The SMILES string of the molecule is C/C=C/CNC(=O)c1ncc(C)c(C)n1. The van der Waals surface area contributed by atoms with E-state index in [-0.39, 0.29) is 11.7 Å². The monoisotopic (exact) mass is 205 g/mol. The number of carbonyl (C=O) groups is 1. The highest BCUT2D eigenvalue weighted by atomic mass is 16.2. The molecular formula is C11H15N3O. The van der Waals surface area contributed by atoms with E-state index < -0.39 is 0 Å². The van der Waals surface area contributed by atoms with Crippen molar-refractivity contribution in [2.75, 3.05) is 6.54 Å². The molecule has 4 nitrogen and oxygen atoms in total. The van der Waals surface area contributed by atoms with Gasteiger partial charge < -0.3 is 5.32 Å². The highest BCUT2D eigenvalue weighted by Gasteiger charge is 2.08. The molecule has 0 radical (unpaired) electrons. The third-order valence-corrected chi connectivity index (χ3v) is 2.04. The second-order valence-electron chi connectivity index (χ2n) is 3.24. The lowest BCUT2D eigenvalue weighted by Crippen LogP contribution is -2.25. The molecule has 1 heterocycles. The number of allylic oxidation sites excluding steroid dienone is 1. The molecule has 0 aliphatic carbocycles. The molecule has 4 heteroatoms. The fourth-order valence-corrected chi connectivity index (χ4v) is 0.985. The van der Waals surface area contributed by atoms with Crippen molar-refractivity contribution in [3.63, 3.8) is 0 Å². The quantitative estimate of drug-likeness (QED) is 0.759. The second-order valence-corrected chi connectivity index (χ2v) is 3.24. The van der Waals surface area contributed by atoms with Crippen molar-refractivity contribution in [2.45, 2.75) is 20.8 Å². The minimum absolute atomic E-state index is 0.225. The van der Waals surface area contributed by atoms with Crippen LogP contribution in [0, 0.1) is 13.8 Å². The van der Waals surface area contributed by atoms with Gasteiger partial charge in [-0.1, -0.05) is 12.2 Å². The lowest BCUT2D eigenvalue weighted by atomic mass is 10.3. The minimum Gasteiger partial charge on any atom is -0.346 e.